The van der Waals surface area contributed by atoms with Gasteiger partial charge in [-0.3, -0.25) is 14.5 Å². The molecule has 2 aromatic carbocycles. The van der Waals surface area contributed by atoms with Crippen molar-refractivity contribution in [2.24, 2.45) is 7.05 Å². The van der Waals surface area contributed by atoms with E-state index in [0.717, 1.165) is 39.1 Å². The standard InChI is InChI=1S/C18H13N3O/c1-21-18-7-6-12(8-15(18)17(11-22)20-21)16-10-19-9-13-4-2-3-5-14(13)16/h2-11H,1H3. The van der Waals surface area contributed by atoms with Gasteiger partial charge < -0.3 is 0 Å². The van der Waals surface area contributed by atoms with E-state index in [4.69, 9.17) is 0 Å². The second-order valence-corrected chi connectivity index (χ2v) is 5.27. The summed E-state index contributed by atoms with van der Waals surface area (Å²) in [5.41, 5.74) is 3.50. The summed E-state index contributed by atoms with van der Waals surface area (Å²) in [5.74, 6) is 0. The van der Waals surface area contributed by atoms with E-state index in [2.05, 4.69) is 16.1 Å². The zero-order valence-corrected chi connectivity index (χ0v) is 12.0. The van der Waals surface area contributed by atoms with Crippen molar-refractivity contribution in [2.75, 3.05) is 0 Å². The van der Waals surface area contributed by atoms with Crippen molar-refractivity contribution in [3.05, 3.63) is 60.6 Å². The molecule has 0 aliphatic rings. The summed E-state index contributed by atoms with van der Waals surface area (Å²) in [6.07, 6.45) is 4.52. The Morgan fingerprint density at radius 2 is 1.91 bits per heavy atom. The molecule has 0 spiro atoms. The highest BCUT2D eigenvalue weighted by atomic mass is 16.1. The molecule has 0 fully saturated rings. The molecular weight excluding hydrogens is 274 g/mol. The van der Waals surface area contributed by atoms with E-state index in [-0.39, 0.29) is 0 Å². The predicted octanol–water partition coefficient (Wildman–Crippen LogP) is 3.60. The number of hydrogen-bond acceptors (Lipinski definition) is 3. The second kappa shape index (κ2) is 4.77. The van der Waals surface area contributed by atoms with Gasteiger partial charge in [-0.25, -0.2) is 0 Å². The van der Waals surface area contributed by atoms with Gasteiger partial charge in [0.1, 0.15) is 5.69 Å². The van der Waals surface area contributed by atoms with Crippen LogP contribution in [0.15, 0.2) is 54.9 Å². The summed E-state index contributed by atoms with van der Waals surface area (Å²) >= 11 is 0. The second-order valence-electron chi connectivity index (χ2n) is 5.27. The van der Waals surface area contributed by atoms with Crippen LogP contribution in [-0.2, 0) is 7.05 Å². The Labute approximate surface area is 127 Å². The van der Waals surface area contributed by atoms with Crippen LogP contribution in [0.25, 0.3) is 32.8 Å². The normalized spacial score (nSPS) is 11.1. The summed E-state index contributed by atoms with van der Waals surface area (Å²) in [6.45, 7) is 0. The Morgan fingerprint density at radius 3 is 2.77 bits per heavy atom. The number of pyridine rings is 1. The van der Waals surface area contributed by atoms with Gasteiger partial charge in [-0.1, -0.05) is 30.3 Å². The first-order chi connectivity index (χ1) is 10.8. The zero-order chi connectivity index (χ0) is 15.1. The molecular formula is C18H13N3O. The smallest absolute Gasteiger partial charge is 0.170 e. The topological polar surface area (TPSA) is 47.8 Å². The number of hydrogen-bond donors (Lipinski definition) is 0. The number of fused-ring (bicyclic) bond motifs is 2. The fraction of sp³-hybridized carbons (Fsp3) is 0.0556. The first-order valence-corrected chi connectivity index (χ1v) is 7.03. The predicted molar refractivity (Wildman–Crippen MR) is 86.8 cm³/mol. The third-order valence-electron chi connectivity index (χ3n) is 3.97. The van der Waals surface area contributed by atoms with Crippen LogP contribution in [0.2, 0.25) is 0 Å². The van der Waals surface area contributed by atoms with E-state index in [1.807, 2.05) is 55.8 Å². The van der Waals surface area contributed by atoms with Crippen molar-refractivity contribution in [2.45, 2.75) is 0 Å². The van der Waals surface area contributed by atoms with Crippen LogP contribution in [0.3, 0.4) is 0 Å². The quantitative estimate of drug-likeness (QED) is 0.529. The van der Waals surface area contributed by atoms with Crippen LogP contribution < -0.4 is 0 Å². The third kappa shape index (κ3) is 1.81. The lowest BCUT2D eigenvalue weighted by Crippen LogP contribution is -1.90. The van der Waals surface area contributed by atoms with Crippen molar-refractivity contribution < 1.29 is 4.79 Å². The van der Waals surface area contributed by atoms with Gasteiger partial charge in [0.05, 0.1) is 5.52 Å². The molecule has 0 saturated heterocycles. The van der Waals surface area contributed by atoms with E-state index in [1.165, 1.54) is 0 Å². The van der Waals surface area contributed by atoms with Gasteiger partial charge in [0.15, 0.2) is 6.29 Å². The molecule has 22 heavy (non-hydrogen) atoms. The Hall–Kier alpha value is -3.01. The largest absolute Gasteiger partial charge is 0.296 e. The summed E-state index contributed by atoms with van der Waals surface area (Å²) in [6, 6.07) is 14.2. The van der Waals surface area contributed by atoms with Crippen LogP contribution in [0.1, 0.15) is 10.5 Å². The zero-order valence-electron chi connectivity index (χ0n) is 12.0. The molecule has 106 valence electrons. The van der Waals surface area contributed by atoms with Gasteiger partial charge in [-0.15, -0.1) is 0 Å². The average molecular weight is 287 g/mol. The molecule has 2 aromatic heterocycles. The van der Waals surface area contributed by atoms with Crippen LogP contribution in [0, 0.1) is 0 Å². The molecule has 0 atom stereocenters. The van der Waals surface area contributed by atoms with Crippen LogP contribution >= 0.6 is 0 Å². The van der Waals surface area contributed by atoms with Crippen LogP contribution in [0.4, 0.5) is 0 Å². The van der Waals surface area contributed by atoms with Gasteiger partial charge in [-0.2, -0.15) is 5.10 Å². The minimum absolute atomic E-state index is 0.465. The average Bonchev–Trinajstić information content (AvgIpc) is 2.90. The Bertz CT molecular complexity index is 1010. The van der Waals surface area contributed by atoms with Gasteiger partial charge in [0.25, 0.3) is 0 Å². The van der Waals surface area contributed by atoms with Crippen molar-refractivity contribution in [1.29, 1.82) is 0 Å². The van der Waals surface area contributed by atoms with Crippen molar-refractivity contribution >= 4 is 28.0 Å². The number of benzene rings is 2. The summed E-state index contributed by atoms with van der Waals surface area (Å²) in [4.78, 5) is 15.5. The number of aldehydes is 1. The molecule has 0 aliphatic heterocycles. The maximum Gasteiger partial charge on any atom is 0.170 e. The first-order valence-electron chi connectivity index (χ1n) is 7.03. The highest BCUT2D eigenvalue weighted by Crippen LogP contribution is 2.30. The van der Waals surface area contributed by atoms with E-state index in [9.17, 15) is 4.79 Å². The molecule has 4 heteroatoms. The monoisotopic (exact) mass is 287 g/mol. The molecule has 2 heterocycles. The molecule has 0 radical (unpaired) electrons. The van der Waals surface area contributed by atoms with E-state index in [0.29, 0.717) is 5.69 Å². The number of aromatic nitrogens is 3. The summed E-state index contributed by atoms with van der Waals surface area (Å²) < 4.78 is 1.73. The lowest BCUT2D eigenvalue weighted by molar-refractivity contribution is 0.111. The molecule has 4 nitrogen and oxygen atoms in total. The fourth-order valence-electron chi connectivity index (χ4n) is 2.89. The van der Waals surface area contributed by atoms with Gasteiger partial charge in [-0.05, 0) is 23.1 Å². The first kappa shape index (κ1) is 12.7. The molecule has 4 rings (SSSR count). The highest BCUT2D eigenvalue weighted by Gasteiger charge is 2.10. The van der Waals surface area contributed by atoms with Gasteiger partial charge >= 0.3 is 0 Å². The lowest BCUT2D eigenvalue weighted by atomic mass is 9.99. The minimum Gasteiger partial charge on any atom is -0.296 e. The molecule has 0 amide bonds. The lowest BCUT2D eigenvalue weighted by Gasteiger charge is -2.06. The Kier molecular flexibility index (Phi) is 2.76. The Balaban J connectivity index is 2.02. The van der Waals surface area contributed by atoms with Crippen molar-refractivity contribution in [1.82, 2.24) is 14.8 Å². The maximum atomic E-state index is 11.2. The van der Waals surface area contributed by atoms with E-state index >= 15 is 0 Å². The third-order valence-corrected chi connectivity index (χ3v) is 3.97. The van der Waals surface area contributed by atoms with Crippen molar-refractivity contribution in [3.63, 3.8) is 0 Å². The number of aryl methyl sites for hydroxylation is 1. The molecule has 0 unspecified atom stereocenters. The number of carbonyl (C=O) groups is 1. The SMILES string of the molecule is Cn1nc(C=O)c2cc(-c3cncc4ccccc34)ccc21. The molecule has 0 bridgehead atoms. The summed E-state index contributed by atoms with van der Waals surface area (Å²) in [7, 11) is 1.84. The minimum atomic E-state index is 0.465. The molecule has 4 aromatic rings. The van der Waals surface area contributed by atoms with Crippen LogP contribution in [-0.4, -0.2) is 21.1 Å². The van der Waals surface area contributed by atoms with Crippen LogP contribution in [0.5, 0.6) is 0 Å². The molecule has 0 N–H and O–H groups in total. The molecule has 0 aliphatic carbocycles. The number of rotatable bonds is 2. The van der Waals surface area contributed by atoms with Gasteiger partial charge in [0.2, 0.25) is 0 Å². The van der Waals surface area contributed by atoms with Gasteiger partial charge in [0, 0.05) is 35.8 Å². The Morgan fingerprint density at radius 1 is 1.05 bits per heavy atom. The number of carbonyl (C=O) groups excluding carboxylic acids is 1. The summed E-state index contributed by atoms with van der Waals surface area (Å²) in [5, 5.41) is 7.35. The van der Waals surface area contributed by atoms with E-state index in [1.54, 1.807) is 4.68 Å². The van der Waals surface area contributed by atoms with Crippen molar-refractivity contribution in [3.8, 4) is 11.1 Å². The number of nitrogens with zero attached hydrogens (tertiary/aromatic N) is 3. The fourth-order valence-corrected chi connectivity index (χ4v) is 2.89. The maximum absolute atomic E-state index is 11.2. The van der Waals surface area contributed by atoms with E-state index < -0.39 is 0 Å². The highest BCUT2D eigenvalue weighted by molar-refractivity contribution is 6.01. The molecule has 0 saturated carbocycles.